The van der Waals surface area contributed by atoms with Crippen LogP contribution < -0.4 is 0 Å². The predicted molar refractivity (Wildman–Crippen MR) is 68.4 cm³/mol. The van der Waals surface area contributed by atoms with E-state index in [-0.39, 0.29) is 18.8 Å². The largest absolute Gasteiger partial charge is 0.388 e. The Morgan fingerprint density at radius 2 is 2.28 bits per heavy atom. The van der Waals surface area contributed by atoms with Crippen LogP contribution in [0.2, 0.25) is 0 Å². The highest BCUT2D eigenvalue weighted by Crippen LogP contribution is 2.40. The number of hydrogen-bond donors (Lipinski definition) is 1. The van der Waals surface area contributed by atoms with Crippen molar-refractivity contribution in [3.8, 4) is 0 Å². The summed E-state index contributed by atoms with van der Waals surface area (Å²) in [6, 6.07) is 1.78. The molecule has 0 aliphatic heterocycles. The van der Waals surface area contributed by atoms with Gasteiger partial charge >= 0.3 is 0 Å². The molecule has 1 aromatic rings. The van der Waals surface area contributed by atoms with Gasteiger partial charge in [0.25, 0.3) is 0 Å². The van der Waals surface area contributed by atoms with Crippen molar-refractivity contribution in [3.63, 3.8) is 0 Å². The predicted octanol–water partition coefficient (Wildman–Crippen LogP) is 4.09. The molecule has 100 valence electrons. The van der Waals surface area contributed by atoms with Gasteiger partial charge in [-0.15, -0.1) is 0 Å². The summed E-state index contributed by atoms with van der Waals surface area (Å²) in [5.74, 6) is -2.67. The zero-order chi connectivity index (χ0) is 13.2. The SMILES string of the molecule is OC(CC1CCCC(F)(F)C1)c1cncc(Br)c1. The highest BCUT2D eigenvalue weighted by Gasteiger charge is 2.36. The van der Waals surface area contributed by atoms with Crippen LogP contribution in [0.1, 0.15) is 43.8 Å². The molecule has 1 aliphatic carbocycles. The van der Waals surface area contributed by atoms with Crippen molar-refractivity contribution in [2.75, 3.05) is 0 Å². The second kappa shape index (κ2) is 5.61. The molecular formula is C13H16BrF2NO. The van der Waals surface area contributed by atoms with Crippen LogP contribution in [0.4, 0.5) is 8.78 Å². The summed E-state index contributed by atoms with van der Waals surface area (Å²) in [6.07, 6.45) is 4.07. The zero-order valence-corrected chi connectivity index (χ0v) is 11.5. The van der Waals surface area contributed by atoms with Gasteiger partial charge < -0.3 is 5.11 Å². The zero-order valence-electron chi connectivity index (χ0n) is 9.95. The number of nitrogens with zero attached hydrogens (tertiary/aromatic N) is 1. The van der Waals surface area contributed by atoms with Crippen molar-refractivity contribution in [3.05, 3.63) is 28.5 Å². The van der Waals surface area contributed by atoms with Crippen LogP contribution >= 0.6 is 15.9 Å². The van der Waals surface area contributed by atoms with Crippen molar-refractivity contribution in [1.82, 2.24) is 4.98 Å². The molecule has 1 fully saturated rings. The maximum absolute atomic E-state index is 13.3. The molecule has 2 rings (SSSR count). The van der Waals surface area contributed by atoms with Crippen LogP contribution in [0.25, 0.3) is 0 Å². The van der Waals surface area contributed by atoms with E-state index < -0.39 is 12.0 Å². The van der Waals surface area contributed by atoms with E-state index in [1.165, 1.54) is 0 Å². The summed E-state index contributed by atoms with van der Waals surface area (Å²) < 4.78 is 27.3. The van der Waals surface area contributed by atoms with E-state index >= 15 is 0 Å². The van der Waals surface area contributed by atoms with Gasteiger partial charge in [0.05, 0.1) is 6.10 Å². The van der Waals surface area contributed by atoms with Gasteiger partial charge in [0.15, 0.2) is 0 Å². The van der Waals surface area contributed by atoms with Gasteiger partial charge in [0.1, 0.15) is 0 Å². The maximum atomic E-state index is 13.3. The molecule has 0 radical (unpaired) electrons. The van der Waals surface area contributed by atoms with E-state index in [1.807, 2.05) is 0 Å². The van der Waals surface area contributed by atoms with Crippen LogP contribution in [0.3, 0.4) is 0 Å². The summed E-state index contributed by atoms with van der Waals surface area (Å²) >= 11 is 3.28. The van der Waals surface area contributed by atoms with Crippen molar-refractivity contribution in [1.29, 1.82) is 0 Å². The smallest absolute Gasteiger partial charge is 0.248 e. The molecule has 2 unspecified atom stereocenters. The highest BCUT2D eigenvalue weighted by atomic mass is 79.9. The van der Waals surface area contributed by atoms with Gasteiger partial charge in [0, 0.05) is 29.7 Å². The average molecular weight is 320 g/mol. The lowest BCUT2D eigenvalue weighted by Gasteiger charge is -2.30. The Bertz CT molecular complexity index is 414. The Labute approximate surface area is 114 Å². The van der Waals surface area contributed by atoms with Crippen molar-refractivity contribution < 1.29 is 13.9 Å². The first-order chi connectivity index (χ1) is 8.46. The number of hydrogen-bond acceptors (Lipinski definition) is 2. The molecule has 0 amide bonds. The number of rotatable bonds is 3. The summed E-state index contributed by atoms with van der Waals surface area (Å²) in [7, 11) is 0. The van der Waals surface area contributed by atoms with Crippen LogP contribution in [0, 0.1) is 5.92 Å². The fourth-order valence-corrected chi connectivity index (χ4v) is 2.92. The molecule has 0 aromatic carbocycles. The molecule has 1 aliphatic rings. The summed E-state index contributed by atoms with van der Waals surface area (Å²) in [5.41, 5.74) is 0.679. The number of pyridine rings is 1. The molecule has 1 N–H and O–H groups in total. The molecule has 5 heteroatoms. The first-order valence-corrected chi connectivity index (χ1v) is 6.92. The minimum absolute atomic E-state index is 0.0158. The van der Waals surface area contributed by atoms with Gasteiger partial charge in [-0.1, -0.05) is 0 Å². The fraction of sp³-hybridized carbons (Fsp3) is 0.615. The third-order valence-corrected chi connectivity index (χ3v) is 3.84. The maximum Gasteiger partial charge on any atom is 0.248 e. The molecule has 0 saturated heterocycles. The molecule has 18 heavy (non-hydrogen) atoms. The van der Waals surface area contributed by atoms with Crippen LogP contribution in [-0.4, -0.2) is 16.0 Å². The molecule has 1 aromatic heterocycles. The minimum atomic E-state index is -2.56. The quantitative estimate of drug-likeness (QED) is 0.910. The summed E-state index contributed by atoms with van der Waals surface area (Å²) in [6.45, 7) is 0. The third kappa shape index (κ3) is 3.72. The topological polar surface area (TPSA) is 33.1 Å². The molecule has 0 bridgehead atoms. The lowest BCUT2D eigenvalue weighted by atomic mass is 9.82. The van der Waals surface area contributed by atoms with Crippen LogP contribution in [0.15, 0.2) is 22.9 Å². The number of aliphatic hydroxyl groups is 1. The monoisotopic (exact) mass is 319 g/mol. The molecule has 1 saturated carbocycles. The lowest BCUT2D eigenvalue weighted by molar-refractivity contribution is -0.0590. The Balaban J connectivity index is 1.97. The van der Waals surface area contributed by atoms with Crippen molar-refractivity contribution in [2.24, 2.45) is 5.92 Å². The van der Waals surface area contributed by atoms with E-state index in [0.717, 1.165) is 10.9 Å². The van der Waals surface area contributed by atoms with E-state index in [1.54, 1.807) is 18.5 Å². The molecule has 1 heterocycles. The normalized spacial score (nSPS) is 24.8. The first kappa shape index (κ1) is 13.9. The van der Waals surface area contributed by atoms with Gasteiger partial charge in [-0.2, -0.15) is 0 Å². The van der Waals surface area contributed by atoms with Crippen molar-refractivity contribution >= 4 is 15.9 Å². The molecule has 2 atom stereocenters. The molecule has 0 spiro atoms. The van der Waals surface area contributed by atoms with Gasteiger partial charge in [-0.3, -0.25) is 4.98 Å². The Morgan fingerprint density at radius 3 is 2.94 bits per heavy atom. The Kier molecular flexibility index (Phi) is 4.33. The van der Waals surface area contributed by atoms with Crippen LogP contribution in [-0.2, 0) is 0 Å². The lowest BCUT2D eigenvalue weighted by Crippen LogP contribution is -2.27. The highest BCUT2D eigenvalue weighted by molar-refractivity contribution is 9.10. The fourth-order valence-electron chi connectivity index (χ4n) is 2.54. The number of alkyl halides is 2. The van der Waals surface area contributed by atoms with Gasteiger partial charge in [0.2, 0.25) is 5.92 Å². The van der Waals surface area contributed by atoms with Crippen molar-refractivity contribution in [2.45, 2.75) is 44.1 Å². The summed E-state index contributed by atoms with van der Waals surface area (Å²) in [4.78, 5) is 3.97. The second-order valence-electron chi connectivity index (χ2n) is 5.01. The molecular weight excluding hydrogens is 304 g/mol. The number of halogens is 3. The van der Waals surface area contributed by atoms with E-state index in [9.17, 15) is 13.9 Å². The van der Waals surface area contributed by atoms with E-state index in [4.69, 9.17) is 0 Å². The standard InChI is InChI=1S/C13H16BrF2NO/c14-11-5-10(7-17-8-11)12(18)4-9-2-1-3-13(15,16)6-9/h5,7-9,12,18H,1-4,6H2. The number of aliphatic hydroxyl groups excluding tert-OH is 1. The third-order valence-electron chi connectivity index (χ3n) is 3.41. The average Bonchev–Trinajstić information content (AvgIpc) is 2.27. The number of aromatic nitrogens is 1. The second-order valence-corrected chi connectivity index (χ2v) is 5.92. The Hall–Kier alpha value is -0.550. The Morgan fingerprint density at radius 1 is 1.50 bits per heavy atom. The van der Waals surface area contributed by atoms with Gasteiger partial charge in [-0.05, 0) is 52.7 Å². The van der Waals surface area contributed by atoms with E-state index in [0.29, 0.717) is 18.4 Å². The first-order valence-electron chi connectivity index (χ1n) is 6.13. The minimum Gasteiger partial charge on any atom is -0.388 e. The summed E-state index contributed by atoms with van der Waals surface area (Å²) in [5, 5.41) is 10.1. The van der Waals surface area contributed by atoms with Crippen LogP contribution in [0.5, 0.6) is 0 Å². The van der Waals surface area contributed by atoms with E-state index in [2.05, 4.69) is 20.9 Å². The molecule has 2 nitrogen and oxygen atoms in total. The van der Waals surface area contributed by atoms with Gasteiger partial charge in [-0.25, -0.2) is 8.78 Å².